The minimum absolute atomic E-state index is 0.225. The lowest BCUT2D eigenvalue weighted by Crippen LogP contribution is -2.35. The van der Waals surface area contributed by atoms with E-state index in [0.29, 0.717) is 24.5 Å². The van der Waals surface area contributed by atoms with Gasteiger partial charge in [-0.05, 0) is 35.4 Å². The lowest BCUT2D eigenvalue weighted by atomic mass is 10.1. The van der Waals surface area contributed by atoms with Gasteiger partial charge in [0.1, 0.15) is 23.7 Å². The summed E-state index contributed by atoms with van der Waals surface area (Å²) in [6, 6.07) is 9.65. The summed E-state index contributed by atoms with van der Waals surface area (Å²) in [5, 5.41) is 0. The Morgan fingerprint density at radius 3 is 2.59 bits per heavy atom. The highest BCUT2D eigenvalue weighted by atomic mass is 79.9. The van der Waals surface area contributed by atoms with Crippen LogP contribution in [0.2, 0.25) is 0 Å². The number of carbonyl (C=O) groups excluding carboxylic acids is 1. The molecule has 1 fully saturated rings. The van der Waals surface area contributed by atoms with Gasteiger partial charge >= 0.3 is 5.97 Å². The van der Waals surface area contributed by atoms with Crippen LogP contribution in [0.15, 0.2) is 40.9 Å². The molecule has 2 aromatic carbocycles. The molecule has 1 aliphatic heterocycles. The van der Waals surface area contributed by atoms with E-state index in [1.54, 1.807) is 18.2 Å². The molecule has 0 spiro atoms. The van der Waals surface area contributed by atoms with E-state index in [4.69, 9.17) is 14.2 Å². The third-order valence-corrected chi connectivity index (χ3v) is 5.10. The fraction of sp³-hybridized carbons (Fsp3) is 0.350. The van der Waals surface area contributed by atoms with Gasteiger partial charge in [-0.2, -0.15) is 0 Å². The minimum atomic E-state index is -0.470. The molecular formula is C20H21BrFNO4. The molecule has 7 heteroatoms. The van der Waals surface area contributed by atoms with Crippen molar-refractivity contribution < 1.29 is 23.4 Å². The first-order valence-electron chi connectivity index (χ1n) is 8.65. The van der Waals surface area contributed by atoms with Crippen LogP contribution in [0.5, 0.6) is 5.75 Å². The highest BCUT2D eigenvalue weighted by Crippen LogP contribution is 2.30. The van der Waals surface area contributed by atoms with Crippen molar-refractivity contribution in [2.75, 3.05) is 33.4 Å². The van der Waals surface area contributed by atoms with Gasteiger partial charge in [-0.1, -0.05) is 28.1 Å². The summed E-state index contributed by atoms with van der Waals surface area (Å²) >= 11 is 3.55. The maximum absolute atomic E-state index is 13.1. The van der Waals surface area contributed by atoms with E-state index >= 15 is 0 Å². The second-order valence-corrected chi connectivity index (χ2v) is 7.09. The van der Waals surface area contributed by atoms with Gasteiger partial charge in [0.15, 0.2) is 0 Å². The first-order valence-corrected chi connectivity index (χ1v) is 9.44. The van der Waals surface area contributed by atoms with Gasteiger partial charge in [0.25, 0.3) is 0 Å². The zero-order valence-electron chi connectivity index (χ0n) is 15.0. The second kappa shape index (κ2) is 9.30. The van der Waals surface area contributed by atoms with E-state index in [-0.39, 0.29) is 12.4 Å². The Kier molecular flexibility index (Phi) is 6.82. The minimum Gasteiger partial charge on any atom is -0.488 e. The van der Waals surface area contributed by atoms with Crippen LogP contribution in [-0.2, 0) is 22.6 Å². The average Bonchev–Trinajstić information content (AvgIpc) is 2.69. The lowest BCUT2D eigenvalue weighted by Gasteiger charge is -2.27. The topological polar surface area (TPSA) is 48.0 Å². The predicted octanol–water partition coefficient (Wildman–Crippen LogP) is 3.79. The van der Waals surface area contributed by atoms with Crippen molar-refractivity contribution in [1.82, 2.24) is 4.90 Å². The first kappa shape index (κ1) is 19.8. The molecule has 0 aromatic heterocycles. The van der Waals surface area contributed by atoms with Gasteiger partial charge in [-0.15, -0.1) is 0 Å². The van der Waals surface area contributed by atoms with Crippen molar-refractivity contribution in [3.05, 3.63) is 63.4 Å². The Bertz CT molecular complexity index is 791. The smallest absolute Gasteiger partial charge is 0.341 e. The molecule has 0 bridgehead atoms. The van der Waals surface area contributed by atoms with E-state index in [9.17, 15) is 9.18 Å². The number of hydrogen-bond donors (Lipinski definition) is 0. The Morgan fingerprint density at radius 2 is 1.93 bits per heavy atom. The molecule has 1 aliphatic rings. The third-order valence-electron chi connectivity index (χ3n) is 4.36. The number of methoxy groups -OCH3 is 1. The highest BCUT2D eigenvalue weighted by Gasteiger charge is 2.19. The number of benzene rings is 2. The second-order valence-electron chi connectivity index (χ2n) is 6.24. The zero-order valence-corrected chi connectivity index (χ0v) is 16.6. The van der Waals surface area contributed by atoms with Crippen LogP contribution in [0.25, 0.3) is 0 Å². The molecule has 0 radical (unpaired) electrons. The van der Waals surface area contributed by atoms with Gasteiger partial charge in [-0.25, -0.2) is 9.18 Å². The van der Waals surface area contributed by atoms with Crippen molar-refractivity contribution in [2.45, 2.75) is 13.2 Å². The first-order chi connectivity index (χ1) is 13.1. The average molecular weight is 438 g/mol. The summed E-state index contributed by atoms with van der Waals surface area (Å²) in [7, 11) is 1.33. The van der Waals surface area contributed by atoms with Gasteiger partial charge in [0, 0.05) is 24.1 Å². The normalized spacial score (nSPS) is 14.8. The summed E-state index contributed by atoms with van der Waals surface area (Å²) in [6.45, 7) is 4.09. The Morgan fingerprint density at radius 1 is 1.22 bits per heavy atom. The number of rotatable bonds is 6. The van der Waals surface area contributed by atoms with Crippen molar-refractivity contribution >= 4 is 21.9 Å². The predicted molar refractivity (Wildman–Crippen MR) is 102 cm³/mol. The van der Waals surface area contributed by atoms with Crippen molar-refractivity contribution in [2.24, 2.45) is 0 Å². The SMILES string of the molecule is COC(=O)c1cc(Br)c(CN2CCOCC2)cc1OCc1ccc(F)cc1. The molecular weight excluding hydrogens is 417 g/mol. The number of morpholine rings is 1. The number of nitrogens with zero attached hydrogens (tertiary/aromatic N) is 1. The van der Waals surface area contributed by atoms with Crippen molar-refractivity contribution in [3.8, 4) is 5.75 Å². The molecule has 144 valence electrons. The number of carbonyl (C=O) groups is 1. The summed E-state index contributed by atoms with van der Waals surface area (Å²) in [6.07, 6.45) is 0. The van der Waals surface area contributed by atoms with E-state index in [1.807, 2.05) is 6.07 Å². The molecule has 2 aromatic rings. The van der Waals surface area contributed by atoms with E-state index in [0.717, 1.165) is 35.2 Å². The van der Waals surface area contributed by atoms with E-state index in [2.05, 4.69) is 20.8 Å². The standard InChI is InChI=1S/C20H21BrFNO4/c1-25-20(24)17-11-18(21)15(12-23-6-8-26-9-7-23)10-19(17)27-13-14-2-4-16(22)5-3-14/h2-5,10-11H,6-9,12-13H2,1H3. The summed E-state index contributed by atoms with van der Waals surface area (Å²) in [4.78, 5) is 14.4. The quantitative estimate of drug-likeness (QED) is 0.643. The molecule has 1 heterocycles. The van der Waals surface area contributed by atoms with Gasteiger partial charge in [0.2, 0.25) is 0 Å². The maximum Gasteiger partial charge on any atom is 0.341 e. The summed E-state index contributed by atoms with van der Waals surface area (Å²) in [5.74, 6) is -0.328. The van der Waals surface area contributed by atoms with Crippen LogP contribution >= 0.6 is 15.9 Å². The fourth-order valence-corrected chi connectivity index (χ4v) is 3.32. The number of ether oxygens (including phenoxy) is 3. The Labute approximate surface area is 166 Å². The van der Waals surface area contributed by atoms with Crippen molar-refractivity contribution in [3.63, 3.8) is 0 Å². The monoisotopic (exact) mass is 437 g/mol. The molecule has 5 nitrogen and oxygen atoms in total. The summed E-state index contributed by atoms with van der Waals surface area (Å²) in [5.41, 5.74) is 2.17. The summed E-state index contributed by atoms with van der Waals surface area (Å²) < 4.78 is 30.0. The zero-order chi connectivity index (χ0) is 19.2. The maximum atomic E-state index is 13.1. The van der Waals surface area contributed by atoms with E-state index < -0.39 is 5.97 Å². The number of halogens is 2. The molecule has 0 N–H and O–H groups in total. The van der Waals surface area contributed by atoms with Gasteiger partial charge < -0.3 is 14.2 Å². The Hall–Kier alpha value is -1.96. The van der Waals surface area contributed by atoms with Crippen molar-refractivity contribution in [1.29, 1.82) is 0 Å². The van der Waals surface area contributed by atoms with Gasteiger partial charge in [-0.3, -0.25) is 4.90 Å². The van der Waals surface area contributed by atoms with Crippen LogP contribution in [0, 0.1) is 5.82 Å². The molecule has 0 amide bonds. The number of hydrogen-bond acceptors (Lipinski definition) is 5. The fourth-order valence-electron chi connectivity index (χ4n) is 2.85. The lowest BCUT2D eigenvalue weighted by molar-refractivity contribution is 0.0340. The van der Waals surface area contributed by atoms with Crippen LogP contribution < -0.4 is 4.74 Å². The van der Waals surface area contributed by atoms with Crippen LogP contribution in [-0.4, -0.2) is 44.3 Å². The van der Waals surface area contributed by atoms with Crippen LogP contribution in [0.1, 0.15) is 21.5 Å². The molecule has 0 atom stereocenters. The molecule has 1 saturated heterocycles. The molecule has 3 rings (SSSR count). The molecule has 0 aliphatic carbocycles. The largest absolute Gasteiger partial charge is 0.488 e. The number of esters is 1. The molecule has 0 saturated carbocycles. The van der Waals surface area contributed by atoms with Crippen LogP contribution in [0.4, 0.5) is 4.39 Å². The molecule has 27 heavy (non-hydrogen) atoms. The van der Waals surface area contributed by atoms with Gasteiger partial charge in [0.05, 0.1) is 20.3 Å². The van der Waals surface area contributed by atoms with E-state index in [1.165, 1.54) is 19.2 Å². The third kappa shape index (κ3) is 5.28. The Balaban J connectivity index is 1.82. The molecule has 0 unspecified atom stereocenters. The van der Waals surface area contributed by atoms with Crippen LogP contribution in [0.3, 0.4) is 0 Å². The highest BCUT2D eigenvalue weighted by molar-refractivity contribution is 9.10.